The largest absolute Gasteiger partial charge is 2.00 e. The van der Waals surface area contributed by atoms with Crippen LogP contribution in [0.25, 0.3) is 11.5 Å². The van der Waals surface area contributed by atoms with Crippen LogP contribution >= 0.6 is 0 Å². The van der Waals surface area contributed by atoms with E-state index in [0.717, 1.165) is 12.8 Å². The van der Waals surface area contributed by atoms with Gasteiger partial charge in [-0.1, -0.05) is 25.7 Å². The summed E-state index contributed by atoms with van der Waals surface area (Å²) >= 11 is 0. The summed E-state index contributed by atoms with van der Waals surface area (Å²) in [5.41, 5.74) is 14.6. The van der Waals surface area contributed by atoms with E-state index in [4.69, 9.17) is 21.7 Å². The van der Waals surface area contributed by atoms with Gasteiger partial charge in [0.1, 0.15) is 18.3 Å². The molecule has 13 nitrogen and oxygen atoms in total. The molecule has 2 rings (SSSR count). The van der Waals surface area contributed by atoms with Crippen molar-refractivity contribution in [2.45, 2.75) is 74.9 Å². The first-order chi connectivity index (χ1) is 14.0. The summed E-state index contributed by atoms with van der Waals surface area (Å²) in [6, 6.07) is -0.160. The zero-order valence-corrected chi connectivity index (χ0v) is 18.8. The van der Waals surface area contributed by atoms with Gasteiger partial charge < -0.3 is 52.2 Å². The van der Waals surface area contributed by atoms with Gasteiger partial charge in [-0.05, 0) is 6.42 Å². The van der Waals surface area contributed by atoms with E-state index >= 15 is 0 Å². The van der Waals surface area contributed by atoms with E-state index in [1.54, 1.807) is 0 Å². The van der Waals surface area contributed by atoms with Crippen LogP contribution in [0.15, 0.2) is 0 Å². The van der Waals surface area contributed by atoms with Crippen LogP contribution in [-0.2, 0) is 40.2 Å². The third-order valence-corrected chi connectivity index (χ3v) is 4.94. The van der Waals surface area contributed by atoms with Crippen LogP contribution < -0.4 is 5.32 Å². The van der Waals surface area contributed by atoms with E-state index in [-0.39, 0.29) is 39.7 Å². The third-order valence-electron chi connectivity index (χ3n) is 4.94. The average Bonchev–Trinajstić information content (AvgIpc) is 2.68. The number of carboxylic acids is 2. The zero-order chi connectivity index (χ0) is 23.0. The van der Waals surface area contributed by atoms with Gasteiger partial charge in [0.15, 0.2) is 18.3 Å². The first-order valence-electron chi connectivity index (χ1n) is 9.50. The Bertz CT molecular complexity index is 575. The molecule has 2 aliphatic rings. The molecule has 1 saturated carbocycles. The van der Waals surface area contributed by atoms with Gasteiger partial charge in [-0.3, -0.25) is 14.4 Å². The van der Waals surface area contributed by atoms with Crippen molar-refractivity contribution in [2.75, 3.05) is 6.54 Å². The number of carbonyl (C=O) groups is 3. The predicted molar refractivity (Wildman–Crippen MR) is 100.0 cm³/mol. The Balaban J connectivity index is 0.000000838. The van der Waals surface area contributed by atoms with Gasteiger partial charge in [-0.2, -0.15) is 12.1 Å². The van der Waals surface area contributed by atoms with Gasteiger partial charge in [0, 0.05) is 6.54 Å². The van der Waals surface area contributed by atoms with Crippen LogP contribution in [0, 0.1) is 5.92 Å². The molecule has 7 atom stereocenters. The monoisotopic (exact) mass is 630 g/mol. The van der Waals surface area contributed by atoms with Gasteiger partial charge in [-0.25, -0.2) is 0 Å². The summed E-state index contributed by atoms with van der Waals surface area (Å²) in [5.74, 6) is -5.84. The Kier molecular flexibility index (Phi) is 13.5. The number of hydrogen-bond acceptors (Lipinski definition) is 8. The van der Waals surface area contributed by atoms with Crippen LogP contribution in [0.2, 0.25) is 0 Å². The minimum absolute atomic E-state index is 0. The quantitative estimate of drug-likeness (QED) is 0.167. The second-order valence-corrected chi connectivity index (χ2v) is 7.23. The van der Waals surface area contributed by atoms with Gasteiger partial charge in [0.2, 0.25) is 0 Å². The number of aliphatic hydroxyl groups excluding tert-OH is 4. The maximum absolute atomic E-state index is 11.7. The molecule has 1 heterocycles. The predicted octanol–water partition coefficient (Wildman–Crippen LogP) is -1.52. The van der Waals surface area contributed by atoms with E-state index < -0.39 is 60.9 Å². The average molecular weight is 631 g/mol. The SMILES string of the molecule is O=C(O)C(CCNC(=O)C1OC(O)C(O)C(O)C1O)C(=O)O.[NH-][C@@H]1CCCC[C@H]1[NH-].[Pt+2]. The van der Waals surface area contributed by atoms with E-state index in [1.165, 1.54) is 12.8 Å². The zero-order valence-electron chi connectivity index (χ0n) is 16.5. The molecule has 0 aromatic heterocycles. The minimum Gasteiger partial charge on any atom is -0.676 e. The molecule has 1 aliphatic carbocycles. The van der Waals surface area contributed by atoms with Crippen molar-refractivity contribution >= 4 is 17.8 Å². The number of aliphatic carboxylic acids is 2. The van der Waals surface area contributed by atoms with Gasteiger partial charge in [-0.15, -0.1) is 0 Å². The van der Waals surface area contributed by atoms with Gasteiger partial charge in [0.25, 0.3) is 5.91 Å². The molecule has 0 spiro atoms. The second-order valence-electron chi connectivity index (χ2n) is 7.23. The number of hydrogen-bond donors (Lipinski definition) is 7. The van der Waals surface area contributed by atoms with Crippen molar-refractivity contribution in [3.05, 3.63) is 11.5 Å². The standard InChI is InChI=1S/C11H17NO10.C6H12N2.Pt/c13-4-5(14)7(22-11(21)6(4)15)8(16)12-2-1-3(9(17)18)10(19)20;7-5-3-1-2-4-6(5)8;/h3-7,11,13-15,21H,1-2H2,(H,12,16)(H,17,18)(H,19,20);5-8H,1-4H2;/q;-2;+2/t;5-,6-;/m.1./s1. The normalized spacial score (nSPS) is 32.8. The van der Waals surface area contributed by atoms with Crippen LogP contribution in [0.1, 0.15) is 32.1 Å². The minimum atomic E-state index is -1.89. The fourth-order valence-electron chi connectivity index (χ4n) is 3.00. The molecule has 1 saturated heterocycles. The van der Waals surface area contributed by atoms with Crippen molar-refractivity contribution in [3.8, 4) is 0 Å². The van der Waals surface area contributed by atoms with E-state index in [1.807, 2.05) is 0 Å². The molecule has 9 N–H and O–H groups in total. The van der Waals surface area contributed by atoms with E-state index in [9.17, 15) is 34.8 Å². The molecular weight excluding hydrogens is 601 g/mol. The number of carbonyl (C=O) groups excluding carboxylic acids is 1. The Morgan fingerprint density at radius 3 is 1.81 bits per heavy atom. The molecule has 31 heavy (non-hydrogen) atoms. The van der Waals surface area contributed by atoms with Crippen molar-refractivity contribution in [1.29, 1.82) is 0 Å². The molecular formula is C17H29N3O10Pt. The van der Waals surface area contributed by atoms with Crippen LogP contribution in [0.3, 0.4) is 0 Å². The molecule has 0 aromatic rings. The molecule has 182 valence electrons. The Morgan fingerprint density at radius 1 is 0.903 bits per heavy atom. The van der Waals surface area contributed by atoms with Crippen molar-refractivity contribution in [2.24, 2.45) is 5.92 Å². The summed E-state index contributed by atoms with van der Waals surface area (Å²) in [6.45, 7) is -0.344. The summed E-state index contributed by atoms with van der Waals surface area (Å²) in [6.07, 6.45) is -5.16. The summed E-state index contributed by atoms with van der Waals surface area (Å²) in [4.78, 5) is 33.0. The number of carboxylic acid groups (broad SMARTS) is 2. The molecule has 14 heteroatoms. The topological polar surface area (TPSA) is 241 Å². The van der Waals surface area contributed by atoms with Crippen LogP contribution in [0.4, 0.5) is 0 Å². The number of rotatable bonds is 6. The fourth-order valence-corrected chi connectivity index (χ4v) is 3.00. The number of nitrogens with one attached hydrogen (secondary N) is 3. The summed E-state index contributed by atoms with van der Waals surface area (Å²) in [7, 11) is 0. The number of ether oxygens (including phenoxy) is 1. The molecule has 1 amide bonds. The number of amides is 1. The van der Waals surface area contributed by atoms with Crippen molar-refractivity contribution < 1.29 is 70.8 Å². The first-order valence-corrected chi connectivity index (χ1v) is 9.50. The molecule has 1 aliphatic heterocycles. The van der Waals surface area contributed by atoms with Crippen LogP contribution in [-0.4, -0.2) is 97.8 Å². The second kappa shape index (κ2) is 14.1. The Hall–Kier alpha value is -1.18. The van der Waals surface area contributed by atoms with E-state index in [0.29, 0.717) is 0 Å². The van der Waals surface area contributed by atoms with Crippen molar-refractivity contribution in [3.63, 3.8) is 0 Å². The molecule has 0 bridgehead atoms. The van der Waals surface area contributed by atoms with Gasteiger partial charge >= 0.3 is 33.0 Å². The summed E-state index contributed by atoms with van der Waals surface area (Å²) < 4.78 is 4.65. The molecule has 0 aromatic carbocycles. The first kappa shape index (κ1) is 29.8. The smallest absolute Gasteiger partial charge is 0.676 e. The Labute approximate surface area is 193 Å². The van der Waals surface area contributed by atoms with E-state index in [2.05, 4.69) is 10.1 Å². The Morgan fingerprint density at radius 2 is 1.39 bits per heavy atom. The van der Waals surface area contributed by atoms with Gasteiger partial charge in [0.05, 0.1) is 0 Å². The maximum Gasteiger partial charge on any atom is 2.00 e. The molecule has 0 radical (unpaired) electrons. The summed E-state index contributed by atoms with van der Waals surface area (Å²) in [5, 5.41) is 56.9. The number of aliphatic hydroxyl groups is 4. The third kappa shape index (κ3) is 9.06. The molecule has 5 unspecified atom stereocenters. The fraction of sp³-hybridized carbons (Fsp3) is 0.824. The van der Waals surface area contributed by atoms with Crippen molar-refractivity contribution in [1.82, 2.24) is 5.32 Å². The molecule has 2 fully saturated rings. The maximum atomic E-state index is 11.7. The van der Waals surface area contributed by atoms with Crippen LogP contribution in [0.5, 0.6) is 0 Å².